The number of methoxy groups -OCH3 is 1. The zero-order chi connectivity index (χ0) is 33.3. The molecule has 0 saturated heterocycles. The van der Waals surface area contributed by atoms with Gasteiger partial charge in [-0.3, -0.25) is 4.79 Å². The third-order valence-corrected chi connectivity index (χ3v) is 13.4. The molecule has 0 radical (unpaired) electrons. The molecule has 1 amide bonds. The molecule has 6 atom stereocenters. The lowest BCUT2D eigenvalue weighted by Gasteiger charge is -2.50. The normalized spacial score (nSPS) is 31.1. The molecule has 6 rings (SSSR count). The first kappa shape index (κ1) is 34.3. The van der Waals surface area contributed by atoms with Crippen molar-refractivity contribution in [3.8, 4) is 5.75 Å². The Kier molecular flexibility index (Phi) is 10.3. The van der Waals surface area contributed by atoms with Gasteiger partial charge >= 0.3 is 0 Å². The van der Waals surface area contributed by atoms with E-state index in [1.165, 1.54) is 5.56 Å². The van der Waals surface area contributed by atoms with Gasteiger partial charge < -0.3 is 19.5 Å². The lowest BCUT2D eigenvalue weighted by Crippen LogP contribution is -2.52. The number of aliphatic hydroxyl groups is 1. The lowest BCUT2D eigenvalue weighted by molar-refractivity contribution is -0.100. The third kappa shape index (κ3) is 7.53. The van der Waals surface area contributed by atoms with E-state index in [9.17, 15) is 18.3 Å². The smallest absolute Gasteiger partial charge is 0.264 e. The fourth-order valence-corrected chi connectivity index (χ4v) is 9.15. The second-order valence-corrected chi connectivity index (χ2v) is 16.8. The number of ether oxygens (including phenoxy) is 2. The van der Waals surface area contributed by atoms with Crippen molar-refractivity contribution in [2.75, 3.05) is 25.1 Å². The van der Waals surface area contributed by atoms with Crippen LogP contribution < -0.4 is 14.4 Å². The number of hydrogen-bond donors (Lipinski definition) is 2. The molecule has 2 fully saturated rings. The van der Waals surface area contributed by atoms with E-state index in [1.54, 1.807) is 32.2 Å². The highest BCUT2D eigenvalue weighted by Crippen LogP contribution is 2.49. The molecule has 4 aliphatic rings. The summed E-state index contributed by atoms with van der Waals surface area (Å²) in [6, 6.07) is 11.1. The van der Waals surface area contributed by atoms with E-state index in [0.29, 0.717) is 42.1 Å². The Balaban J connectivity index is 1.41. The van der Waals surface area contributed by atoms with E-state index >= 15 is 0 Å². The third-order valence-electron chi connectivity index (χ3n) is 11.2. The van der Waals surface area contributed by atoms with Crippen LogP contribution in [-0.4, -0.2) is 56.6 Å². The van der Waals surface area contributed by atoms with Gasteiger partial charge in [0.2, 0.25) is 10.0 Å². The minimum atomic E-state index is -3.96. The van der Waals surface area contributed by atoms with Crippen molar-refractivity contribution in [1.82, 2.24) is 4.72 Å². The molecule has 2 aliphatic heterocycles. The molecule has 2 aromatic carbocycles. The van der Waals surface area contributed by atoms with Gasteiger partial charge in [0.05, 0.1) is 22.6 Å². The predicted molar refractivity (Wildman–Crippen MR) is 185 cm³/mol. The number of carbonyl (C=O) groups is 1. The van der Waals surface area contributed by atoms with Gasteiger partial charge in [0.1, 0.15) is 12.4 Å². The van der Waals surface area contributed by atoms with Crippen molar-refractivity contribution >= 4 is 33.2 Å². The maximum absolute atomic E-state index is 13.5. The van der Waals surface area contributed by atoms with E-state index < -0.39 is 32.9 Å². The first-order valence-corrected chi connectivity index (χ1v) is 19.2. The number of nitrogens with one attached hydrogen (secondary N) is 1. The molecule has 0 unspecified atom stereocenters. The molecular weight excluding hydrogens is 636 g/mol. The summed E-state index contributed by atoms with van der Waals surface area (Å²) in [4.78, 5) is 15.8. The van der Waals surface area contributed by atoms with Crippen molar-refractivity contribution in [2.24, 2.45) is 23.7 Å². The number of benzene rings is 2. The Morgan fingerprint density at radius 2 is 1.91 bits per heavy atom. The van der Waals surface area contributed by atoms with E-state index in [0.717, 1.165) is 69.3 Å². The summed E-state index contributed by atoms with van der Waals surface area (Å²) in [7, 11) is -2.21. The van der Waals surface area contributed by atoms with Crippen molar-refractivity contribution < 1.29 is 27.8 Å². The number of nitrogens with zero attached hydrogens (tertiary/aromatic N) is 1. The van der Waals surface area contributed by atoms with E-state index in [1.807, 2.05) is 31.2 Å². The molecule has 2 aromatic rings. The summed E-state index contributed by atoms with van der Waals surface area (Å²) >= 11 is 6.36. The van der Waals surface area contributed by atoms with Crippen LogP contribution in [0.1, 0.15) is 86.7 Å². The number of sulfonamides is 1. The highest BCUT2D eigenvalue weighted by Gasteiger charge is 2.49. The van der Waals surface area contributed by atoms with Crippen LogP contribution in [0.4, 0.5) is 5.69 Å². The molecule has 2 heterocycles. The summed E-state index contributed by atoms with van der Waals surface area (Å²) in [5.74, 6) is 0.545. The molecule has 2 saturated carbocycles. The number of rotatable bonds is 4. The summed E-state index contributed by atoms with van der Waals surface area (Å²) in [6.45, 7) is 5.37. The Morgan fingerprint density at radius 3 is 2.64 bits per heavy atom. The summed E-state index contributed by atoms with van der Waals surface area (Å²) in [6.07, 6.45) is 11.6. The zero-order valence-corrected chi connectivity index (χ0v) is 29.4. The van der Waals surface area contributed by atoms with Crippen LogP contribution in [0.3, 0.4) is 0 Å². The van der Waals surface area contributed by atoms with Crippen LogP contribution in [0, 0.1) is 23.7 Å². The predicted octanol–water partition coefficient (Wildman–Crippen LogP) is 6.68. The Bertz CT molecular complexity index is 1590. The standard InChI is InChI=1S/C37H49ClN2O6S/c1-24-7-6-17-37(45-3,21-34(41)26-9-10-26)32-15-12-29(32)22-40-18-5-4-8-27-19-31(38)14-11-30(27)23-46-35-16-13-28(20-33(35)40)36(42)39-47(43,44)25(24)2/h6,11,13-14,16-17,19-20,24-26,29,32,34,41H,4-5,7-10,12,15,18,21-23H2,1-3H3,(H,39,42)/b17-6+/t24-,25+,29-,32+,34-,37+/m0/s1. The number of halogens is 1. The van der Waals surface area contributed by atoms with Crippen LogP contribution in [0.5, 0.6) is 5.75 Å². The lowest BCUT2D eigenvalue weighted by atomic mass is 9.62. The number of fused-ring (bicyclic) bond motifs is 3. The van der Waals surface area contributed by atoms with Crippen LogP contribution in [0.15, 0.2) is 48.6 Å². The minimum Gasteiger partial charge on any atom is -0.487 e. The molecule has 2 N–H and O–H groups in total. The monoisotopic (exact) mass is 684 g/mol. The molecule has 2 bridgehead atoms. The van der Waals surface area contributed by atoms with Crippen LogP contribution >= 0.6 is 11.6 Å². The minimum absolute atomic E-state index is 0.182. The largest absolute Gasteiger partial charge is 0.487 e. The fourth-order valence-electron chi connectivity index (χ4n) is 7.67. The molecule has 0 aromatic heterocycles. The topological polar surface area (TPSA) is 105 Å². The second-order valence-electron chi connectivity index (χ2n) is 14.3. The van der Waals surface area contributed by atoms with Gasteiger partial charge in [-0.15, -0.1) is 0 Å². The van der Waals surface area contributed by atoms with Gasteiger partial charge in [-0.05, 0) is 123 Å². The van der Waals surface area contributed by atoms with Gasteiger partial charge in [0.25, 0.3) is 5.91 Å². The number of aryl methyl sites for hydroxylation is 1. The van der Waals surface area contributed by atoms with Gasteiger partial charge in [-0.25, -0.2) is 13.1 Å². The molecule has 0 spiro atoms. The maximum Gasteiger partial charge on any atom is 0.264 e. The first-order chi connectivity index (χ1) is 22.5. The van der Waals surface area contributed by atoms with Crippen molar-refractivity contribution in [2.45, 2.75) is 95.2 Å². The summed E-state index contributed by atoms with van der Waals surface area (Å²) in [5.41, 5.74) is 2.65. The number of amides is 1. The van der Waals surface area contributed by atoms with Crippen molar-refractivity contribution in [1.29, 1.82) is 0 Å². The fraction of sp³-hybridized carbons (Fsp3) is 0.595. The Morgan fingerprint density at radius 1 is 1.11 bits per heavy atom. The van der Waals surface area contributed by atoms with Crippen LogP contribution in [-0.2, 0) is 27.8 Å². The molecule has 10 heteroatoms. The summed E-state index contributed by atoms with van der Waals surface area (Å²) < 4.78 is 42.1. The highest BCUT2D eigenvalue weighted by atomic mass is 35.5. The summed E-state index contributed by atoms with van der Waals surface area (Å²) in [5, 5.41) is 11.1. The highest BCUT2D eigenvalue weighted by molar-refractivity contribution is 7.90. The maximum atomic E-state index is 13.5. The molecule has 47 heavy (non-hydrogen) atoms. The average Bonchev–Trinajstić information content (AvgIpc) is 3.88. The molecule has 8 nitrogen and oxygen atoms in total. The number of carbonyl (C=O) groups excluding carboxylic acids is 1. The van der Waals surface area contributed by atoms with Gasteiger partial charge in [-0.2, -0.15) is 0 Å². The van der Waals surface area contributed by atoms with Crippen LogP contribution in [0.2, 0.25) is 5.02 Å². The Hall–Kier alpha value is -2.59. The number of hydrogen-bond acceptors (Lipinski definition) is 7. The van der Waals surface area contributed by atoms with E-state index in [4.69, 9.17) is 21.1 Å². The quantitative estimate of drug-likeness (QED) is 0.346. The van der Waals surface area contributed by atoms with E-state index in [-0.39, 0.29) is 17.4 Å². The average molecular weight is 685 g/mol. The molecule has 256 valence electrons. The van der Waals surface area contributed by atoms with Gasteiger partial charge in [-0.1, -0.05) is 36.7 Å². The second kappa shape index (κ2) is 14.1. The number of aliphatic hydroxyl groups excluding tert-OH is 1. The Labute approximate surface area is 284 Å². The zero-order valence-electron chi connectivity index (χ0n) is 27.8. The first-order valence-electron chi connectivity index (χ1n) is 17.3. The van der Waals surface area contributed by atoms with Gasteiger partial charge in [0.15, 0.2) is 0 Å². The van der Waals surface area contributed by atoms with Gasteiger partial charge in [0, 0.05) is 37.2 Å². The number of anilines is 1. The SMILES string of the molecule is CO[C@@]1(C[C@H](O)C2CC2)/C=C/C[C@H](C)[C@@H](C)S(=O)(=O)NC(=O)c2ccc3c(c2)N(CCCCc2cc(Cl)ccc2CO3)C[C@@H]2CC[C@H]21. The van der Waals surface area contributed by atoms with Crippen molar-refractivity contribution in [3.63, 3.8) is 0 Å². The number of allylic oxidation sites excluding steroid dienone is 1. The van der Waals surface area contributed by atoms with Crippen LogP contribution in [0.25, 0.3) is 0 Å². The van der Waals surface area contributed by atoms with Crippen molar-refractivity contribution in [3.05, 3.63) is 70.3 Å². The molecular formula is C37H49ClN2O6S. The van der Waals surface area contributed by atoms with E-state index in [2.05, 4.69) is 15.7 Å². The molecule has 2 aliphatic carbocycles.